The Morgan fingerprint density at radius 3 is 1.87 bits per heavy atom. The summed E-state index contributed by atoms with van der Waals surface area (Å²) in [4.78, 5) is 17.6. The van der Waals surface area contributed by atoms with Crippen LogP contribution in [0.3, 0.4) is 0 Å². The van der Waals surface area contributed by atoms with E-state index >= 15 is 0 Å². The molecule has 2 N–H and O–H groups in total. The maximum Gasteiger partial charge on any atom is 0.327 e. The van der Waals surface area contributed by atoms with E-state index in [4.69, 9.17) is 19.0 Å². The van der Waals surface area contributed by atoms with Gasteiger partial charge >= 0.3 is 8.60 Å². The van der Waals surface area contributed by atoms with Crippen molar-refractivity contribution in [3.05, 3.63) is 0 Å². The van der Waals surface area contributed by atoms with Crippen molar-refractivity contribution >= 4 is 8.60 Å². The maximum atomic E-state index is 8.82. The van der Waals surface area contributed by atoms with E-state index in [0.29, 0.717) is 6.42 Å². The zero-order valence-corrected chi connectivity index (χ0v) is 11.3. The summed E-state index contributed by atoms with van der Waals surface area (Å²) in [5.74, 6) is 0. The second-order valence-electron chi connectivity index (χ2n) is 5.21. The first-order valence-corrected chi connectivity index (χ1v) is 6.25. The van der Waals surface area contributed by atoms with Gasteiger partial charge in [-0.25, -0.2) is 0 Å². The highest BCUT2D eigenvalue weighted by Gasteiger charge is 2.32. The fourth-order valence-electron chi connectivity index (χ4n) is 1.96. The Labute approximate surface area is 93.6 Å². The quantitative estimate of drug-likeness (QED) is 0.698. The summed E-state index contributed by atoms with van der Waals surface area (Å²) in [6.45, 7) is 11.5. The molecule has 0 saturated carbocycles. The average Bonchev–Trinajstić information content (AvgIpc) is 1.73. The fraction of sp³-hybridized carbons (Fsp3) is 1.00. The van der Waals surface area contributed by atoms with Crippen molar-refractivity contribution in [1.29, 1.82) is 0 Å². The van der Waals surface area contributed by atoms with E-state index in [-0.39, 0.29) is 11.7 Å². The van der Waals surface area contributed by atoms with Crippen molar-refractivity contribution in [1.82, 2.24) is 0 Å². The second kappa shape index (κ2) is 5.55. The summed E-state index contributed by atoms with van der Waals surface area (Å²) < 4.78 is 10.8. The average molecular weight is 238 g/mol. The van der Waals surface area contributed by atoms with E-state index in [1.165, 1.54) is 0 Å². The SMILES string of the molecule is CC(C)OC(C)(C)CC(C)(C)OP(O)O. The van der Waals surface area contributed by atoms with Crippen LogP contribution in [0.15, 0.2) is 0 Å². The molecular weight excluding hydrogens is 215 g/mol. The van der Waals surface area contributed by atoms with Crippen LogP contribution in [0.2, 0.25) is 0 Å². The van der Waals surface area contributed by atoms with Gasteiger partial charge in [-0.3, -0.25) is 0 Å². The van der Waals surface area contributed by atoms with Crippen LogP contribution in [0.5, 0.6) is 0 Å². The summed E-state index contributed by atoms with van der Waals surface area (Å²) in [7, 11) is -2.32. The lowest BCUT2D eigenvalue weighted by Gasteiger charge is -2.35. The molecule has 0 aromatic carbocycles. The number of rotatable bonds is 6. The van der Waals surface area contributed by atoms with Gasteiger partial charge in [0.15, 0.2) is 0 Å². The Hall–Kier alpha value is 0.270. The van der Waals surface area contributed by atoms with Crippen molar-refractivity contribution in [3.8, 4) is 0 Å². The highest BCUT2D eigenvalue weighted by atomic mass is 31.2. The Bertz CT molecular complexity index is 170. The van der Waals surface area contributed by atoms with Gasteiger partial charge in [-0.1, -0.05) is 0 Å². The van der Waals surface area contributed by atoms with E-state index in [9.17, 15) is 0 Å². The normalized spacial score (nSPS) is 14.0. The van der Waals surface area contributed by atoms with Gasteiger partial charge < -0.3 is 19.0 Å². The van der Waals surface area contributed by atoms with Crippen LogP contribution in [-0.4, -0.2) is 27.1 Å². The Morgan fingerprint density at radius 1 is 1.07 bits per heavy atom. The molecule has 92 valence electrons. The topological polar surface area (TPSA) is 58.9 Å². The van der Waals surface area contributed by atoms with Gasteiger partial charge in [-0.15, -0.1) is 0 Å². The van der Waals surface area contributed by atoms with E-state index in [2.05, 4.69) is 0 Å². The van der Waals surface area contributed by atoms with E-state index in [1.807, 2.05) is 41.5 Å². The van der Waals surface area contributed by atoms with Gasteiger partial charge in [-0.2, -0.15) is 0 Å². The van der Waals surface area contributed by atoms with Crippen LogP contribution in [0.4, 0.5) is 0 Å². The van der Waals surface area contributed by atoms with E-state index in [1.54, 1.807) is 0 Å². The zero-order chi connectivity index (χ0) is 12.3. The molecule has 5 heteroatoms. The first kappa shape index (κ1) is 15.3. The first-order chi connectivity index (χ1) is 6.54. The van der Waals surface area contributed by atoms with Gasteiger partial charge in [0.25, 0.3) is 0 Å². The number of ether oxygens (including phenoxy) is 1. The van der Waals surface area contributed by atoms with Crippen LogP contribution >= 0.6 is 8.60 Å². The molecule has 0 unspecified atom stereocenters. The molecule has 0 aromatic heterocycles. The van der Waals surface area contributed by atoms with E-state index in [0.717, 1.165) is 0 Å². The Balaban J connectivity index is 4.29. The highest BCUT2D eigenvalue weighted by Crippen LogP contribution is 2.37. The van der Waals surface area contributed by atoms with Gasteiger partial charge in [-0.05, 0) is 41.5 Å². The minimum Gasteiger partial charge on any atom is -0.373 e. The minimum atomic E-state index is -2.32. The molecule has 0 saturated heterocycles. The summed E-state index contributed by atoms with van der Waals surface area (Å²) in [5, 5.41) is 0. The lowest BCUT2D eigenvalue weighted by molar-refractivity contribution is -0.0931. The molecule has 0 radical (unpaired) electrons. The lowest BCUT2D eigenvalue weighted by Crippen LogP contribution is -2.38. The molecule has 0 rings (SSSR count). The number of hydrogen-bond acceptors (Lipinski definition) is 4. The standard InChI is InChI=1S/C10H23O4P/c1-8(2)13-9(3,4)7-10(5,6)14-15(11)12/h8,11-12H,7H2,1-6H3. The molecule has 4 nitrogen and oxygen atoms in total. The Morgan fingerprint density at radius 2 is 1.53 bits per heavy atom. The lowest BCUT2D eigenvalue weighted by atomic mass is 9.92. The molecule has 0 amide bonds. The van der Waals surface area contributed by atoms with Crippen LogP contribution in [0.25, 0.3) is 0 Å². The molecule has 15 heavy (non-hydrogen) atoms. The van der Waals surface area contributed by atoms with Crippen LogP contribution in [-0.2, 0) is 9.26 Å². The van der Waals surface area contributed by atoms with Crippen LogP contribution in [0.1, 0.15) is 48.0 Å². The molecule has 0 bridgehead atoms. The third-order valence-electron chi connectivity index (χ3n) is 1.73. The largest absolute Gasteiger partial charge is 0.373 e. The van der Waals surface area contributed by atoms with Gasteiger partial charge in [0.05, 0.1) is 17.3 Å². The van der Waals surface area contributed by atoms with Gasteiger partial charge in [0.2, 0.25) is 0 Å². The van der Waals surface area contributed by atoms with Gasteiger partial charge in [0.1, 0.15) is 0 Å². The van der Waals surface area contributed by atoms with Crippen molar-refractivity contribution in [2.45, 2.75) is 65.3 Å². The van der Waals surface area contributed by atoms with Crippen LogP contribution in [0, 0.1) is 0 Å². The molecular formula is C10H23O4P. The summed E-state index contributed by atoms with van der Waals surface area (Å²) >= 11 is 0. The molecule has 0 spiro atoms. The van der Waals surface area contributed by atoms with Crippen molar-refractivity contribution in [3.63, 3.8) is 0 Å². The molecule has 0 heterocycles. The van der Waals surface area contributed by atoms with E-state index < -0.39 is 14.2 Å². The molecule has 0 aliphatic carbocycles. The summed E-state index contributed by atoms with van der Waals surface area (Å²) in [6.07, 6.45) is 0.735. The van der Waals surface area contributed by atoms with Gasteiger partial charge in [0, 0.05) is 6.42 Å². The molecule has 0 atom stereocenters. The minimum absolute atomic E-state index is 0.139. The molecule has 0 aliphatic rings. The predicted molar refractivity (Wildman–Crippen MR) is 61.4 cm³/mol. The second-order valence-corrected chi connectivity index (χ2v) is 5.89. The Kier molecular flexibility index (Phi) is 5.65. The van der Waals surface area contributed by atoms with Crippen LogP contribution < -0.4 is 0 Å². The summed E-state index contributed by atoms with van der Waals surface area (Å²) in [5.41, 5.74) is -0.948. The summed E-state index contributed by atoms with van der Waals surface area (Å²) in [6, 6.07) is 0. The van der Waals surface area contributed by atoms with Crippen molar-refractivity contribution < 1.29 is 19.0 Å². The molecule has 0 fully saturated rings. The first-order valence-electron chi connectivity index (χ1n) is 5.09. The third kappa shape index (κ3) is 8.12. The fourth-order valence-corrected chi connectivity index (χ4v) is 2.46. The monoisotopic (exact) mass is 238 g/mol. The smallest absolute Gasteiger partial charge is 0.327 e. The molecule has 0 aromatic rings. The highest BCUT2D eigenvalue weighted by molar-refractivity contribution is 7.39. The third-order valence-corrected chi connectivity index (χ3v) is 2.39. The predicted octanol–water partition coefficient (Wildman–Crippen LogP) is 2.59. The zero-order valence-electron chi connectivity index (χ0n) is 10.4. The maximum absolute atomic E-state index is 8.82. The van der Waals surface area contributed by atoms with Crippen molar-refractivity contribution in [2.24, 2.45) is 0 Å². The van der Waals surface area contributed by atoms with Crippen molar-refractivity contribution in [2.75, 3.05) is 0 Å². The number of hydrogen-bond donors (Lipinski definition) is 2. The molecule has 0 aliphatic heterocycles.